The van der Waals surface area contributed by atoms with E-state index in [4.69, 9.17) is 0 Å². The quantitative estimate of drug-likeness (QED) is 0.729. The molecule has 1 nitrogen and oxygen atoms in total. The smallest absolute Gasteiger partial charge is 0.0771 e. The average molecular weight is 229 g/mol. The van der Waals surface area contributed by atoms with Crippen LogP contribution < -0.4 is 0 Å². The molecule has 2 aromatic carbocycles. The molecule has 0 saturated heterocycles. The van der Waals surface area contributed by atoms with Crippen molar-refractivity contribution in [2.75, 3.05) is 0 Å². The molecule has 2 heteroatoms. The fourth-order valence-electron chi connectivity index (χ4n) is 1.69. The van der Waals surface area contributed by atoms with Crippen molar-refractivity contribution >= 4 is 8.46 Å². The van der Waals surface area contributed by atoms with Crippen LogP contribution in [-0.4, -0.2) is 0 Å². The molecule has 1 unspecified atom stereocenters. The highest BCUT2D eigenvalue weighted by atomic mass is 31.1. The Bertz CT molecular complexity index is 448. The summed E-state index contributed by atoms with van der Waals surface area (Å²) < 4.78 is 10.5. The van der Waals surface area contributed by atoms with Crippen molar-refractivity contribution < 1.29 is 4.57 Å². The lowest BCUT2D eigenvalue weighted by atomic mass is 10.0. The van der Waals surface area contributed by atoms with Crippen molar-refractivity contribution in [3.05, 3.63) is 71.3 Å². The zero-order valence-electron chi connectivity index (χ0n) is 9.02. The van der Waals surface area contributed by atoms with Crippen LogP contribution in [0.4, 0.5) is 0 Å². The van der Waals surface area contributed by atoms with Crippen LogP contribution in [0.2, 0.25) is 0 Å². The summed E-state index contributed by atoms with van der Waals surface area (Å²) in [5, 5.41) is 0. The van der Waals surface area contributed by atoms with Gasteiger partial charge in [-0.1, -0.05) is 59.2 Å². The van der Waals surface area contributed by atoms with Crippen molar-refractivity contribution in [2.45, 2.75) is 12.6 Å². The van der Waals surface area contributed by atoms with Crippen molar-refractivity contribution in [3.8, 4) is 0 Å². The van der Waals surface area contributed by atoms with Gasteiger partial charge in [-0.05, 0) is 23.1 Å². The van der Waals surface area contributed by atoms with Crippen molar-refractivity contribution in [3.63, 3.8) is 0 Å². The lowest BCUT2D eigenvalue weighted by molar-refractivity contribution is 0.598. The number of benzene rings is 2. The molecule has 0 spiro atoms. The molecule has 0 aliphatic rings. The van der Waals surface area contributed by atoms with Gasteiger partial charge in [-0.25, -0.2) is 0 Å². The molecule has 0 radical (unpaired) electrons. The molecule has 0 heterocycles. The topological polar surface area (TPSA) is 17.1 Å². The Labute approximate surface area is 97.3 Å². The molecule has 0 aliphatic heterocycles. The summed E-state index contributed by atoms with van der Waals surface area (Å²) in [4.78, 5) is 0. The maximum atomic E-state index is 10.5. The van der Waals surface area contributed by atoms with E-state index in [0.717, 1.165) is 12.0 Å². The lowest BCUT2D eigenvalue weighted by Gasteiger charge is -2.01. The van der Waals surface area contributed by atoms with Gasteiger partial charge < -0.3 is 0 Å². The van der Waals surface area contributed by atoms with Crippen LogP contribution in [0.5, 0.6) is 0 Å². The monoisotopic (exact) mass is 229 g/mol. The molecule has 0 N–H and O–H groups in total. The maximum absolute atomic E-state index is 10.5. The first kappa shape index (κ1) is 11.0. The molecular formula is C14H14OP+. The molecule has 0 amide bonds. The van der Waals surface area contributed by atoms with Gasteiger partial charge in [0.05, 0.1) is 0 Å². The summed E-state index contributed by atoms with van der Waals surface area (Å²) >= 11 is 0. The maximum Gasteiger partial charge on any atom is 0.329 e. The first-order valence-electron chi connectivity index (χ1n) is 5.35. The van der Waals surface area contributed by atoms with Gasteiger partial charge in [-0.15, -0.1) is 0 Å². The van der Waals surface area contributed by atoms with Crippen LogP contribution in [0.25, 0.3) is 0 Å². The van der Waals surface area contributed by atoms with Crippen LogP contribution in [0, 0.1) is 0 Å². The van der Waals surface area contributed by atoms with Gasteiger partial charge >= 0.3 is 8.46 Å². The molecule has 80 valence electrons. The molecule has 1 atom stereocenters. The van der Waals surface area contributed by atoms with Gasteiger partial charge in [0.1, 0.15) is 0 Å². The SMILES string of the molecule is O=[PH+]Cc1ccc(Cc2ccccc2)cc1. The van der Waals surface area contributed by atoms with E-state index >= 15 is 0 Å². The van der Waals surface area contributed by atoms with E-state index in [1.54, 1.807) is 0 Å². The van der Waals surface area contributed by atoms with Gasteiger partial charge in [-0.3, -0.25) is 0 Å². The molecule has 0 bridgehead atoms. The van der Waals surface area contributed by atoms with E-state index in [1.807, 2.05) is 6.07 Å². The summed E-state index contributed by atoms with van der Waals surface area (Å²) in [7, 11) is -0.244. The Morgan fingerprint density at radius 1 is 0.750 bits per heavy atom. The second kappa shape index (κ2) is 5.58. The number of rotatable bonds is 4. The van der Waals surface area contributed by atoms with Crippen molar-refractivity contribution in [1.29, 1.82) is 0 Å². The van der Waals surface area contributed by atoms with Crippen LogP contribution in [0.15, 0.2) is 54.6 Å². The summed E-state index contributed by atoms with van der Waals surface area (Å²) in [5.74, 6) is 0. The Morgan fingerprint density at radius 3 is 1.94 bits per heavy atom. The molecule has 16 heavy (non-hydrogen) atoms. The summed E-state index contributed by atoms with van der Waals surface area (Å²) in [6.07, 6.45) is 1.62. The van der Waals surface area contributed by atoms with E-state index in [2.05, 4.69) is 48.5 Å². The number of hydrogen-bond donors (Lipinski definition) is 0. The van der Waals surface area contributed by atoms with Crippen molar-refractivity contribution in [1.82, 2.24) is 0 Å². The zero-order valence-corrected chi connectivity index (χ0v) is 10.0. The molecule has 0 fully saturated rings. The Balaban J connectivity index is 2.08. The van der Waals surface area contributed by atoms with Crippen LogP contribution in [0.3, 0.4) is 0 Å². The largest absolute Gasteiger partial charge is 0.329 e. The first-order valence-corrected chi connectivity index (χ1v) is 6.47. The molecule has 0 aromatic heterocycles. The summed E-state index contributed by atoms with van der Waals surface area (Å²) in [6, 6.07) is 18.8. The van der Waals surface area contributed by atoms with Crippen molar-refractivity contribution in [2.24, 2.45) is 0 Å². The Morgan fingerprint density at radius 2 is 1.31 bits per heavy atom. The highest BCUT2D eigenvalue weighted by Crippen LogP contribution is 2.13. The molecule has 0 aliphatic carbocycles. The second-order valence-corrected chi connectivity index (χ2v) is 4.44. The minimum absolute atomic E-state index is 0.244. The van der Waals surface area contributed by atoms with E-state index in [0.29, 0.717) is 6.16 Å². The Kier molecular flexibility index (Phi) is 3.85. The normalized spacial score (nSPS) is 10.5. The van der Waals surface area contributed by atoms with Crippen LogP contribution in [0.1, 0.15) is 16.7 Å². The standard InChI is InChI=1S/C14H13OP/c15-16-11-14-8-6-13(7-9-14)10-12-4-2-1-3-5-12/h1-9H,10-11H2/p+1. The summed E-state index contributed by atoms with van der Waals surface area (Å²) in [6.45, 7) is 0. The fraction of sp³-hybridized carbons (Fsp3) is 0.143. The van der Waals surface area contributed by atoms with E-state index in [9.17, 15) is 4.57 Å². The van der Waals surface area contributed by atoms with Gasteiger partial charge in [0.15, 0.2) is 6.16 Å². The second-order valence-electron chi connectivity index (χ2n) is 3.80. The molecule has 0 saturated carbocycles. The van der Waals surface area contributed by atoms with E-state index in [1.165, 1.54) is 11.1 Å². The van der Waals surface area contributed by atoms with Gasteiger partial charge in [0, 0.05) is 0 Å². The highest BCUT2D eigenvalue weighted by Gasteiger charge is 1.99. The third kappa shape index (κ3) is 3.01. The lowest BCUT2D eigenvalue weighted by Crippen LogP contribution is -1.88. The minimum atomic E-state index is -0.244. The van der Waals surface area contributed by atoms with E-state index < -0.39 is 0 Å². The fourth-order valence-corrected chi connectivity index (χ4v) is 2.09. The zero-order chi connectivity index (χ0) is 11.2. The predicted octanol–water partition coefficient (Wildman–Crippen LogP) is 3.80. The minimum Gasteiger partial charge on any atom is -0.0771 e. The van der Waals surface area contributed by atoms with Gasteiger partial charge in [-0.2, -0.15) is 0 Å². The predicted molar refractivity (Wildman–Crippen MR) is 68.4 cm³/mol. The molecule has 2 aromatic rings. The average Bonchev–Trinajstić information content (AvgIpc) is 2.33. The van der Waals surface area contributed by atoms with Gasteiger partial charge in [0.25, 0.3) is 0 Å². The Hall–Kier alpha value is -1.46. The third-order valence-corrected chi connectivity index (χ3v) is 3.10. The van der Waals surface area contributed by atoms with Gasteiger partial charge in [0.2, 0.25) is 0 Å². The number of hydrogen-bond acceptors (Lipinski definition) is 1. The van der Waals surface area contributed by atoms with Crippen LogP contribution in [-0.2, 0) is 17.1 Å². The molecule has 2 rings (SSSR count). The third-order valence-electron chi connectivity index (χ3n) is 2.55. The highest BCUT2D eigenvalue weighted by molar-refractivity contribution is 7.22. The van der Waals surface area contributed by atoms with Crippen LogP contribution >= 0.6 is 8.46 Å². The summed E-state index contributed by atoms with van der Waals surface area (Å²) in [5.41, 5.74) is 3.76. The first-order chi connectivity index (χ1) is 7.88. The van der Waals surface area contributed by atoms with E-state index in [-0.39, 0.29) is 8.46 Å². The molecular weight excluding hydrogens is 215 g/mol.